The molecule has 0 atom stereocenters. The molecule has 1 amide bonds. The first-order valence-corrected chi connectivity index (χ1v) is 7.56. The van der Waals surface area contributed by atoms with E-state index in [0.717, 1.165) is 0 Å². The molecule has 0 unspecified atom stereocenters. The zero-order valence-electron chi connectivity index (χ0n) is 9.45. The van der Waals surface area contributed by atoms with Crippen molar-refractivity contribution >= 4 is 24.4 Å². The fourth-order valence-electron chi connectivity index (χ4n) is 1.15. The van der Waals surface area contributed by atoms with Gasteiger partial charge < -0.3 is 19.6 Å². The number of carbonyl (C=O) groups is 1. The quantitative estimate of drug-likeness (QED) is 0.724. The van der Waals surface area contributed by atoms with Gasteiger partial charge in [-0.05, 0) is 38.1 Å². The minimum Gasteiger partial charge on any atom is -0.424 e. The van der Waals surface area contributed by atoms with Crippen LogP contribution in [0.15, 0.2) is 24.3 Å². The molecule has 0 heterocycles. The maximum Gasteiger partial charge on any atom is 0.375 e. The summed E-state index contributed by atoms with van der Waals surface area (Å²) in [6.45, 7) is 0.0118. The number of hydrogen-bond acceptors (Lipinski definition) is 3. The van der Waals surface area contributed by atoms with Crippen LogP contribution in [0.2, 0.25) is 0 Å². The highest BCUT2D eigenvalue weighted by molar-refractivity contribution is 8.06. The lowest BCUT2D eigenvalue weighted by Gasteiger charge is -2.11. The summed E-state index contributed by atoms with van der Waals surface area (Å²) in [6, 6.07) is 6.03. The Bertz CT molecular complexity index is 440. The molecule has 5 nitrogen and oxygen atoms in total. The predicted molar refractivity (Wildman–Crippen MR) is 68.4 cm³/mol. The maximum atomic E-state index is 11.6. The molecular weight excluding hydrogens is 261 g/mol. The van der Waals surface area contributed by atoms with Crippen LogP contribution in [-0.2, 0) is 11.8 Å². The standard InChI is InChI=1S/C10H14NO4PS/c1-7(2)11-10(12)8-3-5-9(6-4-8)15-16(13,14)17/h3-7H,1-2H3,(H,11,12)(H2,13,14,17). The van der Waals surface area contributed by atoms with Gasteiger partial charge in [-0.1, -0.05) is 0 Å². The topological polar surface area (TPSA) is 78.8 Å². The summed E-state index contributed by atoms with van der Waals surface area (Å²) >= 11 is 4.33. The monoisotopic (exact) mass is 275 g/mol. The number of amides is 1. The van der Waals surface area contributed by atoms with Crippen LogP contribution in [0.5, 0.6) is 5.75 Å². The Labute approximate surface area is 105 Å². The van der Waals surface area contributed by atoms with Gasteiger partial charge in [-0.25, -0.2) is 0 Å². The molecule has 0 aliphatic heterocycles. The van der Waals surface area contributed by atoms with Crippen molar-refractivity contribution in [2.45, 2.75) is 19.9 Å². The van der Waals surface area contributed by atoms with Crippen molar-refractivity contribution in [3.8, 4) is 5.75 Å². The van der Waals surface area contributed by atoms with Gasteiger partial charge in [0.1, 0.15) is 5.75 Å². The molecule has 1 rings (SSSR count). The first-order valence-electron chi connectivity index (χ1n) is 4.94. The molecule has 17 heavy (non-hydrogen) atoms. The Kier molecular flexibility index (Phi) is 4.65. The van der Waals surface area contributed by atoms with Crippen LogP contribution >= 0.6 is 6.72 Å². The van der Waals surface area contributed by atoms with E-state index in [1.807, 2.05) is 13.8 Å². The number of rotatable bonds is 4. The van der Waals surface area contributed by atoms with E-state index in [4.69, 9.17) is 14.3 Å². The van der Waals surface area contributed by atoms with Gasteiger partial charge >= 0.3 is 6.72 Å². The Hall–Kier alpha value is -0.940. The molecule has 0 aliphatic carbocycles. The molecule has 0 fully saturated rings. The Morgan fingerprint density at radius 3 is 2.29 bits per heavy atom. The second-order valence-corrected chi connectivity index (χ2v) is 6.33. The third kappa shape index (κ3) is 5.28. The van der Waals surface area contributed by atoms with E-state index in [0.29, 0.717) is 5.56 Å². The highest BCUT2D eigenvalue weighted by atomic mass is 32.5. The van der Waals surface area contributed by atoms with E-state index in [1.165, 1.54) is 24.3 Å². The van der Waals surface area contributed by atoms with Crippen LogP contribution in [0.4, 0.5) is 0 Å². The smallest absolute Gasteiger partial charge is 0.375 e. The molecule has 0 aliphatic rings. The van der Waals surface area contributed by atoms with Crippen LogP contribution in [0, 0.1) is 0 Å². The van der Waals surface area contributed by atoms with E-state index in [1.54, 1.807) is 0 Å². The fourth-order valence-corrected chi connectivity index (χ4v) is 1.80. The number of benzene rings is 1. The van der Waals surface area contributed by atoms with E-state index in [9.17, 15) is 4.79 Å². The molecule has 1 aromatic rings. The minimum absolute atomic E-state index is 0.0551. The molecule has 0 saturated carbocycles. The van der Waals surface area contributed by atoms with Crippen LogP contribution < -0.4 is 9.84 Å². The van der Waals surface area contributed by atoms with Crippen LogP contribution in [0.3, 0.4) is 0 Å². The maximum absolute atomic E-state index is 11.6. The normalized spacial score (nSPS) is 11.4. The third-order valence-electron chi connectivity index (χ3n) is 1.76. The number of carbonyl (C=O) groups excluding carboxylic acids is 1. The first-order chi connectivity index (χ1) is 7.78. The van der Waals surface area contributed by atoms with Crippen molar-refractivity contribution in [3.05, 3.63) is 29.8 Å². The lowest BCUT2D eigenvalue weighted by molar-refractivity contribution is 0.0943. The summed E-state index contributed by atoms with van der Waals surface area (Å²) in [6.07, 6.45) is 0. The number of hydrogen-bond donors (Lipinski definition) is 3. The van der Waals surface area contributed by atoms with Gasteiger partial charge in [-0.3, -0.25) is 4.79 Å². The highest BCUT2D eigenvalue weighted by Crippen LogP contribution is 2.37. The highest BCUT2D eigenvalue weighted by Gasteiger charge is 2.11. The zero-order valence-corrected chi connectivity index (χ0v) is 11.2. The summed E-state index contributed by atoms with van der Waals surface area (Å²) in [5, 5.41) is 2.73. The van der Waals surface area contributed by atoms with Gasteiger partial charge in [0.2, 0.25) is 0 Å². The van der Waals surface area contributed by atoms with Crippen molar-refractivity contribution in [2.75, 3.05) is 0 Å². The largest absolute Gasteiger partial charge is 0.424 e. The first kappa shape index (κ1) is 14.1. The SMILES string of the molecule is CC(C)NC(=O)c1ccc(OP(O)(O)=S)cc1. The number of nitrogens with one attached hydrogen (secondary N) is 1. The second-order valence-electron chi connectivity index (χ2n) is 3.73. The van der Waals surface area contributed by atoms with Gasteiger partial charge in [0.25, 0.3) is 5.91 Å². The summed E-state index contributed by atoms with van der Waals surface area (Å²) in [5.41, 5.74) is 0.468. The molecule has 1 aromatic carbocycles. The van der Waals surface area contributed by atoms with Gasteiger partial charge in [0.15, 0.2) is 0 Å². The van der Waals surface area contributed by atoms with Crippen molar-refractivity contribution in [3.63, 3.8) is 0 Å². The average Bonchev–Trinajstić information content (AvgIpc) is 2.15. The predicted octanol–water partition coefficient (Wildman–Crippen LogP) is 1.41. The summed E-state index contributed by atoms with van der Waals surface area (Å²) in [7, 11) is 0. The molecule has 0 radical (unpaired) electrons. The molecule has 0 spiro atoms. The van der Waals surface area contributed by atoms with E-state index in [2.05, 4.69) is 17.1 Å². The molecule has 0 bridgehead atoms. The molecule has 7 heteroatoms. The van der Waals surface area contributed by atoms with Crippen molar-refractivity contribution in [1.82, 2.24) is 5.32 Å². The van der Waals surface area contributed by atoms with Crippen molar-refractivity contribution in [1.29, 1.82) is 0 Å². The Balaban J connectivity index is 2.74. The van der Waals surface area contributed by atoms with Gasteiger partial charge in [0, 0.05) is 23.4 Å². The molecular formula is C10H14NO4PS. The van der Waals surface area contributed by atoms with Gasteiger partial charge in [0.05, 0.1) is 0 Å². The summed E-state index contributed by atoms with van der Waals surface area (Å²) in [5.74, 6) is 0.0263. The molecule has 0 saturated heterocycles. The minimum atomic E-state index is -3.72. The van der Waals surface area contributed by atoms with E-state index in [-0.39, 0.29) is 17.7 Å². The molecule has 94 valence electrons. The lowest BCUT2D eigenvalue weighted by atomic mass is 10.2. The van der Waals surface area contributed by atoms with Crippen molar-refractivity contribution in [2.24, 2.45) is 0 Å². The zero-order chi connectivity index (χ0) is 13.1. The average molecular weight is 275 g/mol. The Morgan fingerprint density at radius 1 is 1.35 bits per heavy atom. The van der Waals surface area contributed by atoms with Crippen LogP contribution in [-0.4, -0.2) is 21.7 Å². The van der Waals surface area contributed by atoms with E-state index >= 15 is 0 Å². The lowest BCUT2D eigenvalue weighted by Crippen LogP contribution is -2.29. The summed E-state index contributed by atoms with van der Waals surface area (Å²) < 4.78 is 4.72. The van der Waals surface area contributed by atoms with Crippen LogP contribution in [0.25, 0.3) is 0 Å². The fraction of sp³-hybridized carbons (Fsp3) is 0.300. The van der Waals surface area contributed by atoms with Gasteiger partial charge in [-0.15, -0.1) is 0 Å². The Morgan fingerprint density at radius 2 is 1.88 bits per heavy atom. The van der Waals surface area contributed by atoms with Crippen LogP contribution in [0.1, 0.15) is 24.2 Å². The third-order valence-corrected chi connectivity index (χ3v) is 2.43. The molecule has 0 aromatic heterocycles. The van der Waals surface area contributed by atoms with Crippen molar-refractivity contribution < 1.29 is 19.1 Å². The summed E-state index contributed by atoms with van der Waals surface area (Å²) in [4.78, 5) is 29.5. The van der Waals surface area contributed by atoms with E-state index < -0.39 is 6.72 Å². The second kappa shape index (κ2) is 5.60. The molecule has 3 N–H and O–H groups in total. The van der Waals surface area contributed by atoms with Gasteiger partial charge in [-0.2, -0.15) is 0 Å².